The molecule has 1 unspecified atom stereocenters. The van der Waals surface area contributed by atoms with E-state index in [0.29, 0.717) is 5.69 Å². The molecule has 0 saturated heterocycles. The van der Waals surface area contributed by atoms with Crippen LogP contribution in [-0.4, -0.2) is 44.1 Å². The number of carbonyl (C=O) groups is 4. The monoisotopic (exact) mass is 413 g/mol. The molecule has 0 bridgehead atoms. The Labute approximate surface area is 174 Å². The Morgan fingerprint density at radius 3 is 2.13 bits per heavy atom. The summed E-state index contributed by atoms with van der Waals surface area (Å²) in [7, 11) is 1.24. The zero-order valence-electron chi connectivity index (χ0n) is 16.8. The summed E-state index contributed by atoms with van der Waals surface area (Å²) in [6.45, 7) is 1.25. The van der Waals surface area contributed by atoms with Crippen molar-refractivity contribution >= 4 is 29.5 Å². The number of methoxy groups -OCH3 is 1. The van der Waals surface area contributed by atoms with Crippen LogP contribution < -0.4 is 5.32 Å². The molecule has 1 atom stereocenters. The van der Waals surface area contributed by atoms with Gasteiger partial charge in [-0.3, -0.25) is 19.7 Å². The van der Waals surface area contributed by atoms with Gasteiger partial charge in [0.05, 0.1) is 13.7 Å². The lowest BCUT2D eigenvalue weighted by Crippen LogP contribution is -2.31. The molecule has 0 aliphatic rings. The predicted octanol–water partition coefficient (Wildman–Crippen LogP) is 3.01. The van der Waals surface area contributed by atoms with Crippen LogP contribution in [0.3, 0.4) is 0 Å². The first kappa shape index (κ1) is 22.6. The molecule has 2 rings (SSSR count). The van der Waals surface area contributed by atoms with Crippen molar-refractivity contribution in [1.29, 1.82) is 0 Å². The maximum Gasteiger partial charge on any atom is 0.411 e. The number of ketones is 1. The maximum atomic E-state index is 12.5. The van der Waals surface area contributed by atoms with Gasteiger partial charge in [-0.2, -0.15) is 0 Å². The lowest BCUT2D eigenvalue weighted by molar-refractivity contribution is -0.161. The molecule has 0 spiro atoms. The Hall–Kier alpha value is -3.68. The first-order valence-electron chi connectivity index (χ1n) is 9.30. The molecular formula is C22H23NO7. The molecule has 2 aromatic carbocycles. The maximum absolute atomic E-state index is 12.5. The number of carbonyl (C=O) groups excluding carboxylic acids is 4. The van der Waals surface area contributed by atoms with Crippen LogP contribution in [0.2, 0.25) is 0 Å². The molecule has 0 aliphatic carbocycles. The topological polar surface area (TPSA) is 108 Å². The van der Waals surface area contributed by atoms with E-state index in [4.69, 9.17) is 9.47 Å². The highest BCUT2D eigenvalue weighted by Crippen LogP contribution is 2.14. The Morgan fingerprint density at radius 2 is 1.53 bits per heavy atom. The van der Waals surface area contributed by atoms with Crippen LogP contribution in [0.4, 0.5) is 10.5 Å². The quantitative estimate of drug-likeness (QED) is 0.291. The van der Waals surface area contributed by atoms with Gasteiger partial charge in [-0.25, -0.2) is 4.79 Å². The number of benzene rings is 2. The molecule has 1 amide bonds. The fourth-order valence-electron chi connectivity index (χ4n) is 2.58. The molecule has 2 aromatic rings. The van der Waals surface area contributed by atoms with Crippen LogP contribution in [0.5, 0.6) is 0 Å². The first-order valence-corrected chi connectivity index (χ1v) is 9.30. The van der Waals surface area contributed by atoms with Crippen molar-refractivity contribution in [3.63, 3.8) is 0 Å². The third-order valence-electron chi connectivity index (χ3n) is 4.12. The Bertz CT molecular complexity index is 878. The van der Waals surface area contributed by atoms with Gasteiger partial charge in [0.25, 0.3) is 0 Å². The van der Waals surface area contributed by atoms with E-state index < -0.39 is 36.3 Å². The highest BCUT2D eigenvalue weighted by atomic mass is 16.6. The molecule has 158 valence electrons. The van der Waals surface area contributed by atoms with E-state index in [1.54, 1.807) is 31.2 Å². The van der Waals surface area contributed by atoms with E-state index in [1.807, 2.05) is 6.07 Å². The third kappa shape index (κ3) is 6.73. The molecule has 8 nitrogen and oxygen atoms in total. The third-order valence-corrected chi connectivity index (χ3v) is 4.12. The Morgan fingerprint density at radius 1 is 0.900 bits per heavy atom. The van der Waals surface area contributed by atoms with Gasteiger partial charge in [0.1, 0.15) is 0 Å². The average Bonchev–Trinajstić information content (AvgIpc) is 2.76. The lowest BCUT2D eigenvalue weighted by atomic mass is 9.99. The van der Waals surface area contributed by atoms with E-state index >= 15 is 0 Å². The number of Topliss-reactive ketones (excluding diaryl/α,β-unsaturated/α-hetero) is 1. The van der Waals surface area contributed by atoms with Crippen LogP contribution in [0.25, 0.3) is 0 Å². The van der Waals surface area contributed by atoms with E-state index in [-0.39, 0.29) is 18.6 Å². The van der Waals surface area contributed by atoms with Gasteiger partial charge in [-0.15, -0.1) is 0 Å². The summed E-state index contributed by atoms with van der Waals surface area (Å²) in [4.78, 5) is 48.2. The molecule has 0 aromatic heterocycles. The van der Waals surface area contributed by atoms with Gasteiger partial charge in [-0.05, 0) is 43.2 Å². The zero-order valence-corrected chi connectivity index (χ0v) is 16.8. The normalized spacial score (nSPS) is 11.1. The number of anilines is 1. The second-order valence-corrected chi connectivity index (χ2v) is 6.22. The van der Waals surface area contributed by atoms with E-state index in [9.17, 15) is 19.2 Å². The number of ether oxygens (including phenoxy) is 3. The second-order valence-electron chi connectivity index (χ2n) is 6.22. The van der Waals surface area contributed by atoms with Crippen molar-refractivity contribution in [3.8, 4) is 0 Å². The number of nitrogens with one attached hydrogen (secondary N) is 1. The lowest BCUT2D eigenvalue weighted by Gasteiger charge is -2.15. The fourth-order valence-corrected chi connectivity index (χ4v) is 2.58. The van der Waals surface area contributed by atoms with Crippen molar-refractivity contribution in [3.05, 3.63) is 65.7 Å². The van der Waals surface area contributed by atoms with Crippen LogP contribution in [0.1, 0.15) is 22.8 Å². The van der Waals surface area contributed by atoms with Gasteiger partial charge in [-0.1, -0.05) is 30.3 Å². The molecule has 0 fully saturated rings. The summed E-state index contributed by atoms with van der Waals surface area (Å²) in [5.41, 5.74) is 1.50. The molecule has 0 aliphatic heterocycles. The fraction of sp³-hybridized carbons (Fsp3) is 0.273. The number of hydrogen-bond acceptors (Lipinski definition) is 7. The van der Waals surface area contributed by atoms with Gasteiger partial charge in [0.2, 0.25) is 0 Å². The van der Waals surface area contributed by atoms with Gasteiger partial charge in [0, 0.05) is 11.3 Å². The van der Waals surface area contributed by atoms with Crippen molar-refractivity contribution < 1.29 is 33.4 Å². The van der Waals surface area contributed by atoms with Crippen LogP contribution in [0.15, 0.2) is 54.6 Å². The molecule has 8 heteroatoms. The molecular weight excluding hydrogens is 390 g/mol. The van der Waals surface area contributed by atoms with Crippen molar-refractivity contribution in [2.75, 3.05) is 25.6 Å². The highest BCUT2D eigenvalue weighted by Gasteiger charge is 2.30. The smallest absolute Gasteiger partial charge is 0.411 e. The standard InChI is InChI=1S/C22H23NO7/c1-3-29-20(25)18(13-15-7-5-4-6-8-15)21(26)30-14-19(24)16-9-11-17(12-10-16)23-22(27)28-2/h4-12,18H,3,13-14H2,1-2H3,(H,23,27). The minimum absolute atomic E-state index is 0.112. The van der Waals surface area contributed by atoms with Crippen LogP contribution in [-0.2, 0) is 30.2 Å². The predicted molar refractivity (Wildman–Crippen MR) is 108 cm³/mol. The van der Waals surface area contributed by atoms with Crippen LogP contribution in [0, 0.1) is 5.92 Å². The molecule has 30 heavy (non-hydrogen) atoms. The van der Waals surface area contributed by atoms with E-state index in [0.717, 1.165) is 5.56 Å². The van der Waals surface area contributed by atoms with Crippen molar-refractivity contribution in [2.24, 2.45) is 5.92 Å². The largest absolute Gasteiger partial charge is 0.465 e. The highest BCUT2D eigenvalue weighted by molar-refractivity contribution is 6.00. The SMILES string of the molecule is CCOC(=O)C(Cc1ccccc1)C(=O)OCC(=O)c1ccc(NC(=O)OC)cc1. The summed E-state index contributed by atoms with van der Waals surface area (Å²) in [5, 5.41) is 2.46. The molecule has 1 N–H and O–H groups in total. The summed E-state index contributed by atoms with van der Waals surface area (Å²) in [6, 6.07) is 15.0. The van der Waals surface area contributed by atoms with Gasteiger partial charge < -0.3 is 14.2 Å². The van der Waals surface area contributed by atoms with Gasteiger partial charge >= 0.3 is 18.0 Å². The summed E-state index contributed by atoms with van der Waals surface area (Å²) < 4.78 is 14.6. The number of esters is 2. The molecule has 0 saturated carbocycles. The molecule has 0 radical (unpaired) electrons. The van der Waals surface area contributed by atoms with Crippen molar-refractivity contribution in [1.82, 2.24) is 0 Å². The van der Waals surface area contributed by atoms with Crippen molar-refractivity contribution in [2.45, 2.75) is 13.3 Å². The van der Waals surface area contributed by atoms with E-state index in [1.165, 1.54) is 31.4 Å². The summed E-state index contributed by atoms with van der Waals surface area (Å²) in [5.74, 6) is -3.13. The first-order chi connectivity index (χ1) is 14.4. The number of amides is 1. The second kappa shape index (κ2) is 11.4. The average molecular weight is 413 g/mol. The minimum atomic E-state index is -1.16. The zero-order chi connectivity index (χ0) is 21.9. The number of hydrogen-bond donors (Lipinski definition) is 1. The number of rotatable bonds is 9. The summed E-state index contributed by atoms with van der Waals surface area (Å²) >= 11 is 0. The summed E-state index contributed by atoms with van der Waals surface area (Å²) in [6.07, 6.45) is -0.521. The Kier molecular flexibility index (Phi) is 8.56. The van der Waals surface area contributed by atoms with E-state index in [2.05, 4.69) is 10.1 Å². The minimum Gasteiger partial charge on any atom is -0.465 e. The van der Waals surface area contributed by atoms with Crippen LogP contribution >= 0.6 is 0 Å². The Balaban J connectivity index is 1.98. The van der Waals surface area contributed by atoms with Gasteiger partial charge in [0.15, 0.2) is 18.3 Å². The molecule has 0 heterocycles.